The Morgan fingerprint density at radius 3 is 2.54 bits per heavy atom. The van der Waals surface area contributed by atoms with Gasteiger partial charge in [-0.2, -0.15) is 0 Å². The summed E-state index contributed by atoms with van der Waals surface area (Å²) in [5.41, 5.74) is 10.6. The van der Waals surface area contributed by atoms with E-state index in [1.54, 1.807) is 23.5 Å². The van der Waals surface area contributed by atoms with Crippen LogP contribution in [0.2, 0.25) is 5.02 Å². The zero-order valence-electron chi connectivity index (χ0n) is 19.5. The van der Waals surface area contributed by atoms with Crippen LogP contribution in [0.4, 0.5) is 0 Å². The summed E-state index contributed by atoms with van der Waals surface area (Å²) in [6, 6.07) is 14.9. The Morgan fingerprint density at radius 1 is 1.16 bits per heavy atom. The predicted octanol–water partition coefficient (Wildman–Crippen LogP) is 5.08. The lowest BCUT2D eigenvalue weighted by Crippen LogP contribution is -2.21. The van der Waals surface area contributed by atoms with Gasteiger partial charge in [0.05, 0.1) is 12.3 Å². The molecule has 0 amide bonds. The number of dihydropyridines is 1. The first-order chi connectivity index (χ1) is 18.1. The quantitative estimate of drug-likeness (QED) is 0.125. The molecule has 1 aliphatic rings. The number of nitrogens with zero attached hydrogens (tertiary/aromatic N) is 4. The summed E-state index contributed by atoms with van der Waals surface area (Å²) >= 11 is 9.07. The van der Waals surface area contributed by atoms with E-state index in [1.165, 1.54) is 24.2 Å². The second-order valence-electron chi connectivity index (χ2n) is 7.63. The Morgan fingerprint density at radius 2 is 1.89 bits per heavy atom. The first-order valence-corrected chi connectivity index (χ1v) is 13.4. The third-order valence-corrected chi connectivity index (χ3v) is 7.64. The van der Waals surface area contributed by atoms with Crippen LogP contribution in [0.5, 0.6) is 5.75 Å². The number of nitrogens with two attached hydrogens (primary N) is 2. The Hall–Kier alpha value is -3.51. The highest BCUT2D eigenvalue weighted by molar-refractivity contribution is 7.99. The van der Waals surface area contributed by atoms with Crippen LogP contribution in [0.15, 0.2) is 86.6 Å². The minimum Gasteiger partial charge on any atom is -0.491 e. The van der Waals surface area contributed by atoms with Crippen molar-refractivity contribution in [1.29, 1.82) is 5.41 Å². The maximum Gasteiger partial charge on any atom is 0.182 e. The summed E-state index contributed by atoms with van der Waals surface area (Å²) in [6.45, 7) is 0.123. The summed E-state index contributed by atoms with van der Waals surface area (Å²) in [4.78, 5) is 9.44. The van der Waals surface area contributed by atoms with E-state index in [4.69, 9.17) is 43.4 Å². The lowest BCUT2D eigenvalue weighted by atomic mass is 9.90. The van der Waals surface area contributed by atoms with E-state index in [1.807, 2.05) is 41.8 Å². The average Bonchev–Trinajstić information content (AvgIpc) is 3.40. The smallest absolute Gasteiger partial charge is 0.182 e. The van der Waals surface area contributed by atoms with Gasteiger partial charge in [0.15, 0.2) is 5.84 Å². The molecule has 0 saturated carbocycles. The Labute approximate surface area is 227 Å². The van der Waals surface area contributed by atoms with Crippen LogP contribution >= 0.6 is 34.7 Å². The van der Waals surface area contributed by atoms with Crippen molar-refractivity contribution in [2.75, 3.05) is 13.2 Å². The Bertz CT molecular complexity index is 1370. The zero-order chi connectivity index (χ0) is 26.2. The van der Waals surface area contributed by atoms with Crippen LogP contribution in [0.3, 0.4) is 0 Å². The number of hydrogen-bond donors (Lipinski definition) is 4. The number of nitrogens with one attached hydrogen (secondary N) is 1. The molecule has 3 aromatic rings. The zero-order valence-corrected chi connectivity index (χ0v) is 21.9. The number of thiazole rings is 1. The van der Waals surface area contributed by atoms with Crippen LogP contribution in [-0.2, 0) is 5.75 Å². The summed E-state index contributed by atoms with van der Waals surface area (Å²) in [5.74, 6) is 6.82. The molecular weight excluding hydrogens is 530 g/mol. The van der Waals surface area contributed by atoms with E-state index in [2.05, 4.69) is 15.3 Å². The second-order valence-corrected chi connectivity index (χ2v) is 10.00. The van der Waals surface area contributed by atoms with Crippen molar-refractivity contribution < 1.29 is 9.84 Å². The molecule has 1 aliphatic heterocycles. The fourth-order valence-corrected chi connectivity index (χ4v) is 5.74. The summed E-state index contributed by atoms with van der Waals surface area (Å²) in [6.07, 6.45) is 2.68. The van der Waals surface area contributed by atoms with Crippen LogP contribution in [-0.4, -0.2) is 40.7 Å². The molecule has 0 fully saturated rings. The molecule has 9 nitrogen and oxygen atoms in total. The van der Waals surface area contributed by atoms with Gasteiger partial charge in [0.2, 0.25) is 0 Å². The average molecular weight is 554 g/mol. The topological polar surface area (TPSA) is 155 Å². The minimum atomic E-state index is -0.456. The van der Waals surface area contributed by atoms with Crippen molar-refractivity contribution in [1.82, 2.24) is 4.98 Å². The van der Waals surface area contributed by atoms with Gasteiger partial charge in [-0.1, -0.05) is 41.1 Å². The highest BCUT2D eigenvalue weighted by atomic mass is 35.5. The van der Waals surface area contributed by atoms with Gasteiger partial charge in [-0.3, -0.25) is 0 Å². The molecule has 0 aliphatic carbocycles. The first-order valence-electron chi connectivity index (χ1n) is 11.1. The van der Waals surface area contributed by atoms with Gasteiger partial charge in [-0.25, -0.2) is 9.98 Å². The molecule has 6 N–H and O–H groups in total. The van der Waals surface area contributed by atoms with Crippen LogP contribution in [0.1, 0.15) is 11.3 Å². The monoisotopic (exact) mass is 553 g/mol. The van der Waals surface area contributed by atoms with Crippen LogP contribution in [0, 0.1) is 5.41 Å². The molecule has 0 bridgehead atoms. The number of thioether (sulfide) groups is 1. The molecule has 190 valence electrons. The predicted molar refractivity (Wildman–Crippen MR) is 151 cm³/mol. The number of amidine groups is 1. The van der Waals surface area contributed by atoms with Crippen molar-refractivity contribution in [3.8, 4) is 16.3 Å². The van der Waals surface area contributed by atoms with Crippen LogP contribution in [0.25, 0.3) is 16.1 Å². The largest absolute Gasteiger partial charge is 0.491 e. The van der Waals surface area contributed by atoms with Crippen molar-refractivity contribution in [2.24, 2.45) is 26.9 Å². The van der Waals surface area contributed by atoms with E-state index in [-0.39, 0.29) is 19.0 Å². The van der Waals surface area contributed by atoms with Gasteiger partial charge >= 0.3 is 0 Å². The molecular formula is C25H24ClN7O2S2. The molecule has 2 aromatic carbocycles. The van der Waals surface area contributed by atoms with E-state index in [0.717, 1.165) is 21.8 Å². The summed E-state index contributed by atoms with van der Waals surface area (Å²) in [7, 11) is 0. The number of aliphatic hydroxyl groups excluding tert-OH is 1. The summed E-state index contributed by atoms with van der Waals surface area (Å²) < 4.78 is 5.47. The second kappa shape index (κ2) is 12.6. The fraction of sp³-hybridized carbons (Fsp3) is 0.160. The number of aliphatic hydroxyl groups is 1. The molecule has 37 heavy (non-hydrogen) atoms. The number of aromatic nitrogens is 1. The molecule has 1 aromatic heterocycles. The van der Waals surface area contributed by atoms with Crippen molar-refractivity contribution in [2.45, 2.75) is 11.1 Å². The highest BCUT2D eigenvalue weighted by Gasteiger charge is 2.29. The van der Waals surface area contributed by atoms with E-state index >= 15 is 0 Å². The van der Waals surface area contributed by atoms with E-state index in [0.29, 0.717) is 33.2 Å². The van der Waals surface area contributed by atoms with Gasteiger partial charge in [-0.15, -0.1) is 28.2 Å². The van der Waals surface area contributed by atoms with Gasteiger partial charge < -0.3 is 26.8 Å². The molecule has 4 rings (SSSR count). The standard InChI is InChI=1S/C25H24ClN7O2S2/c26-17-5-1-16(2-6-17)24-30-18(13-36-24)14-37-25-21(12-28)22(20(11-27)23(31-25)32-33-29)15-3-7-19(8-4-15)35-10-9-34/h1-8,11-13,25,28,34H,9-10,14,27H2,(H2,29,31,32). The van der Waals surface area contributed by atoms with Crippen molar-refractivity contribution in [3.05, 3.63) is 87.5 Å². The van der Waals surface area contributed by atoms with Crippen molar-refractivity contribution >= 4 is 52.3 Å². The SMILES string of the molecule is N=CC1=C(c2ccc(OCCO)cc2)C(=CN)C(N=NN)=NC1SCc1csc(-c2ccc(Cl)cc2)n1. The minimum absolute atomic E-state index is 0.0755. The van der Waals surface area contributed by atoms with Crippen molar-refractivity contribution in [3.63, 3.8) is 0 Å². The summed E-state index contributed by atoms with van der Waals surface area (Å²) in [5, 5.41) is 27.8. The van der Waals surface area contributed by atoms with Gasteiger partial charge in [0.25, 0.3) is 0 Å². The molecule has 0 saturated heterocycles. The van der Waals surface area contributed by atoms with Gasteiger partial charge in [0.1, 0.15) is 22.7 Å². The number of halogens is 1. The molecule has 0 spiro atoms. The van der Waals surface area contributed by atoms with E-state index < -0.39 is 5.37 Å². The molecule has 12 heteroatoms. The Kier molecular flexibility index (Phi) is 9.07. The number of rotatable bonds is 9. The molecule has 0 radical (unpaired) electrons. The van der Waals surface area contributed by atoms with Gasteiger partial charge in [0, 0.05) is 50.9 Å². The lowest BCUT2D eigenvalue weighted by molar-refractivity contribution is 0.201. The van der Waals surface area contributed by atoms with Crippen LogP contribution < -0.4 is 16.3 Å². The molecule has 1 unspecified atom stereocenters. The number of benzene rings is 2. The van der Waals surface area contributed by atoms with Gasteiger partial charge in [-0.05, 0) is 29.8 Å². The fourth-order valence-electron chi connectivity index (χ4n) is 3.67. The lowest BCUT2D eigenvalue weighted by Gasteiger charge is -2.25. The number of hydrogen-bond acceptors (Lipinski definition) is 10. The molecule has 1 atom stereocenters. The maximum absolute atomic E-state index is 9.00. The first kappa shape index (κ1) is 26.6. The highest BCUT2D eigenvalue weighted by Crippen LogP contribution is 2.39. The van der Waals surface area contributed by atoms with E-state index in [9.17, 15) is 0 Å². The molecule has 2 heterocycles. The Balaban J connectivity index is 1.63. The number of aliphatic imine (C=N–C) groups is 1. The maximum atomic E-state index is 9.00. The normalized spacial score (nSPS) is 16.9. The third kappa shape index (κ3) is 6.25. The third-order valence-electron chi connectivity index (χ3n) is 5.31. The number of ether oxygens (including phenoxy) is 1.